The number of H-pyrrole nitrogens is 1. The zero-order valence-electron chi connectivity index (χ0n) is 20.9. The van der Waals surface area contributed by atoms with E-state index in [9.17, 15) is 24.3 Å². The normalized spacial score (nSPS) is 13.8. The highest BCUT2D eigenvalue weighted by Crippen LogP contribution is 2.07. The van der Waals surface area contributed by atoms with E-state index in [4.69, 9.17) is 17.0 Å². The minimum atomic E-state index is -1.22. The molecule has 0 aromatic carbocycles. The summed E-state index contributed by atoms with van der Waals surface area (Å²) in [4.78, 5) is 59.4. The lowest BCUT2D eigenvalue weighted by Crippen LogP contribution is -2.57. The standard InChI is InChI=1S/C21H37N11O5/c1-13(23)18(33)30-17(10-14-11-25-12-26-14)20(35)28-15(6-2-4-8-22)19(34)29-16(21(36)37)7-3-5-9-27-32-31-24/h11-13,15-17,27H,2-10,22-23H2,1H3,(H,25,26)(H,28,35)(H,29,34)(H,30,33)(H,36,37)/t13-,15-,16-,17-/m0/s1. The van der Waals surface area contributed by atoms with Crippen LogP contribution in [0.25, 0.3) is 10.4 Å². The van der Waals surface area contributed by atoms with Crippen molar-refractivity contribution in [1.82, 2.24) is 31.3 Å². The van der Waals surface area contributed by atoms with E-state index < -0.39 is 47.9 Å². The van der Waals surface area contributed by atoms with Gasteiger partial charge < -0.3 is 37.5 Å². The first kappa shape index (κ1) is 31.2. The first-order valence-electron chi connectivity index (χ1n) is 12.0. The Kier molecular flexibility index (Phi) is 14.8. The minimum Gasteiger partial charge on any atom is -0.480 e. The van der Waals surface area contributed by atoms with Crippen molar-refractivity contribution in [1.29, 1.82) is 0 Å². The quantitative estimate of drug-likeness (QED) is 0.0361. The van der Waals surface area contributed by atoms with E-state index in [1.54, 1.807) is 0 Å². The smallest absolute Gasteiger partial charge is 0.326 e. The fourth-order valence-corrected chi connectivity index (χ4v) is 3.33. The van der Waals surface area contributed by atoms with E-state index in [1.807, 2.05) is 0 Å². The maximum atomic E-state index is 13.1. The van der Waals surface area contributed by atoms with Gasteiger partial charge in [-0.15, -0.1) is 5.53 Å². The fourth-order valence-electron chi connectivity index (χ4n) is 3.33. The predicted octanol–water partition coefficient (Wildman–Crippen LogP) is -1.05. The molecule has 4 atom stereocenters. The number of amides is 3. The summed E-state index contributed by atoms with van der Waals surface area (Å²) in [6.45, 7) is 2.21. The van der Waals surface area contributed by atoms with Crippen LogP contribution in [0, 0.1) is 0 Å². The maximum Gasteiger partial charge on any atom is 0.326 e. The van der Waals surface area contributed by atoms with Gasteiger partial charge in [0.05, 0.1) is 18.9 Å². The van der Waals surface area contributed by atoms with E-state index in [2.05, 4.69) is 41.5 Å². The van der Waals surface area contributed by atoms with Gasteiger partial charge in [0, 0.05) is 18.3 Å². The summed E-state index contributed by atoms with van der Waals surface area (Å²) < 4.78 is 0. The Morgan fingerprint density at radius 3 is 2.27 bits per heavy atom. The fraction of sp³-hybridized carbons (Fsp3) is 0.667. The van der Waals surface area contributed by atoms with Crippen LogP contribution in [0.15, 0.2) is 17.7 Å². The molecule has 1 aromatic rings. The SMILES string of the molecule is C[C@H](N)C(=O)N[C@@H](Cc1cnc[nH]1)C(=O)N[C@@H](CCCCN)C(=O)N[C@@H](CCCCNN=[N+]=[N-])C(=O)O. The predicted molar refractivity (Wildman–Crippen MR) is 133 cm³/mol. The zero-order valence-corrected chi connectivity index (χ0v) is 20.9. The topological polar surface area (TPSA) is 266 Å². The first-order chi connectivity index (χ1) is 17.7. The lowest BCUT2D eigenvalue weighted by molar-refractivity contribution is -0.142. The van der Waals surface area contributed by atoms with Gasteiger partial charge in [-0.2, -0.15) is 4.91 Å². The van der Waals surface area contributed by atoms with E-state index in [-0.39, 0.29) is 19.3 Å². The molecule has 0 aliphatic carbocycles. The van der Waals surface area contributed by atoms with Gasteiger partial charge >= 0.3 is 5.97 Å². The van der Waals surface area contributed by atoms with Crippen molar-refractivity contribution in [2.45, 2.75) is 76.0 Å². The second kappa shape index (κ2) is 17.5. The third kappa shape index (κ3) is 12.6. The molecule has 10 N–H and O–H groups in total. The van der Waals surface area contributed by atoms with Crippen LogP contribution in [-0.4, -0.2) is 76.0 Å². The number of aliphatic carboxylic acids is 1. The number of nitrogens with zero attached hydrogens (tertiary/aromatic N) is 4. The molecule has 0 aliphatic heterocycles. The van der Waals surface area contributed by atoms with Crippen molar-refractivity contribution in [2.24, 2.45) is 16.7 Å². The number of imidazole rings is 1. The average Bonchev–Trinajstić information content (AvgIpc) is 3.37. The maximum absolute atomic E-state index is 13.1. The highest BCUT2D eigenvalue weighted by atomic mass is 16.4. The number of nitrogens with one attached hydrogen (secondary N) is 5. The van der Waals surface area contributed by atoms with Gasteiger partial charge in [-0.05, 0) is 57.2 Å². The van der Waals surface area contributed by atoms with Gasteiger partial charge in [-0.1, -0.05) is 0 Å². The third-order valence-corrected chi connectivity index (χ3v) is 5.37. The minimum absolute atomic E-state index is 0.0725. The molecular formula is C21H37N11O5. The second-order valence-electron chi connectivity index (χ2n) is 8.47. The molecule has 0 spiro atoms. The number of hydrogen-bond acceptors (Lipinski definition) is 8. The largest absolute Gasteiger partial charge is 0.480 e. The molecule has 1 heterocycles. The summed E-state index contributed by atoms with van der Waals surface area (Å²) in [7, 11) is 0. The molecule has 3 amide bonds. The van der Waals surface area contributed by atoms with Gasteiger partial charge in [-0.25, -0.2) is 9.78 Å². The van der Waals surface area contributed by atoms with Crippen LogP contribution in [-0.2, 0) is 25.6 Å². The van der Waals surface area contributed by atoms with Crippen molar-refractivity contribution < 1.29 is 24.3 Å². The lowest BCUT2D eigenvalue weighted by atomic mass is 10.0. The van der Waals surface area contributed by atoms with Gasteiger partial charge in [0.2, 0.25) is 17.7 Å². The molecule has 206 valence electrons. The van der Waals surface area contributed by atoms with Crippen molar-refractivity contribution in [3.05, 3.63) is 28.7 Å². The molecule has 0 fully saturated rings. The first-order valence-corrected chi connectivity index (χ1v) is 12.0. The van der Waals surface area contributed by atoms with E-state index in [1.165, 1.54) is 19.4 Å². The molecular weight excluding hydrogens is 486 g/mol. The summed E-state index contributed by atoms with van der Waals surface area (Å²) in [5.41, 5.74) is 22.5. The number of hydrogen-bond donors (Lipinski definition) is 8. The van der Waals surface area contributed by atoms with Crippen molar-refractivity contribution >= 4 is 23.7 Å². The van der Waals surface area contributed by atoms with Crippen LogP contribution >= 0.6 is 0 Å². The molecule has 16 nitrogen and oxygen atoms in total. The Labute approximate surface area is 214 Å². The zero-order chi connectivity index (χ0) is 27.6. The molecule has 0 aliphatic rings. The molecule has 1 rings (SSSR count). The second-order valence-corrected chi connectivity index (χ2v) is 8.47. The Hall–Kier alpha value is -3.88. The summed E-state index contributed by atoms with van der Waals surface area (Å²) in [5, 5.41) is 20.4. The number of rotatable bonds is 19. The molecule has 0 unspecified atom stereocenters. The van der Waals surface area contributed by atoms with Crippen molar-refractivity contribution in [2.75, 3.05) is 13.1 Å². The van der Waals surface area contributed by atoms with Crippen molar-refractivity contribution in [3.8, 4) is 0 Å². The summed E-state index contributed by atoms with van der Waals surface area (Å²) >= 11 is 0. The monoisotopic (exact) mass is 523 g/mol. The Morgan fingerprint density at radius 1 is 1.05 bits per heavy atom. The number of carbonyl (C=O) groups excluding carboxylic acids is 3. The van der Waals surface area contributed by atoms with Gasteiger partial charge in [-0.3, -0.25) is 19.8 Å². The van der Waals surface area contributed by atoms with Gasteiger partial charge in [0.25, 0.3) is 0 Å². The molecule has 37 heavy (non-hydrogen) atoms. The van der Waals surface area contributed by atoms with Crippen LogP contribution in [0.3, 0.4) is 0 Å². The molecule has 1 aromatic heterocycles. The van der Waals surface area contributed by atoms with Gasteiger partial charge in [0.15, 0.2) is 0 Å². The molecule has 16 heteroatoms. The Bertz CT molecular complexity index is 903. The third-order valence-electron chi connectivity index (χ3n) is 5.37. The number of azide groups is 1. The van der Waals surface area contributed by atoms with E-state index >= 15 is 0 Å². The number of aromatic nitrogens is 2. The lowest BCUT2D eigenvalue weighted by Gasteiger charge is -2.25. The van der Waals surface area contributed by atoms with Crippen LogP contribution < -0.4 is 32.8 Å². The van der Waals surface area contributed by atoms with Crippen LogP contribution in [0.5, 0.6) is 0 Å². The summed E-state index contributed by atoms with van der Waals surface area (Å²) in [6, 6.07) is -4.15. The van der Waals surface area contributed by atoms with E-state index in [0.717, 1.165) is 0 Å². The Morgan fingerprint density at radius 2 is 1.68 bits per heavy atom. The van der Waals surface area contributed by atoms with Crippen LogP contribution in [0.4, 0.5) is 0 Å². The average molecular weight is 524 g/mol. The summed E-state index contributed by atoms with van der Waals surface area (Å²) in [5.74, 6) is -3.06. The van der Waals surface area contributed by atoms with Crippen LogP contribution in [0.2, 0.25) is 0 Å². The highest BCUT2D eigenvalue weighted by molar-refractivity contribution is 5.94. The number of aromatic amines is 1. The molecule has 0 bridgehead atoms. The van der Waals surface area contributed by atoms with Gasteiger partial charge in [0.1, 0.15) is 18.1 Å². The number of carbonyl (C=O) groups is 4. The molecule has 0 saturated heterocycles. The highest BCUT2D eigenvalue weighted by Gasteiger charge is 2.30. The number of carboxylic acid groups (broad SMARTS) is 1. The Balaban J connectivity index is 2.90. The number of unbranched alkanes of at least 4 members (excludes halogenated alkanes) is 2. The van der Waals surface area contributed by atoms with E-state index in [0.29, 0.717) is 44.5 Å². The molecule has 0 radical (unpaired) electrons. The molecule has 0 saturated carbocycles. The van der Waals surface area contributed by atoms with Crippen molar-refractivity contribution in [3.63, 3.8) is 0 Å². The number of carboxylic acids is 1. The van der Waals surface area contributed by atoms with Crippen LogP contribution in [0.1, 0.15) is 51.1 Å². The summed E-state index contributed by atoms with van der Waals surface area (Å²) in [6.07, 6.45) is 5.42. The number of nitrogens with two attached hydrogens (primary N) is 2.